The smallest absolute Gasteiger partial charge is 0.319 e. The van der Waals surface area contributed by atoms with Crippen LogP contribution in [0.5, 0.6) is 0 Å². The average molecular weight is 247 g/mol. The van der Waals surface area contributed by atoms with Gasteiger partial charge in [-0.05, 0) is 25.7 Å². The van der Waals surface area contributed by atoms with Crippen molar-refractivity contribution in [2.75, 3.05) is 0 Å². The molecule has 0 aliphatic carbocycles. The van der Waals surface area contributed by atoms with Crippen molar-refractivity contribution in [1.29, 1.82) is 0 Å². The van der Waals surface area contributed by atoms with Gasteiger partial charge in [-0.25, -0.2) is 0 Å². The van der Waals surface area contributed by atoms with Crippen LogP contribution in [0.4, 0.5) is 0 Å². The van der Waals surface area contributed by atoms with E-state index >= 15 is 0 Å². The molecule has 0 rings (SSSR count). The topological polar surface area (TPSA) is 80.4 Å². The fourth-order valence-corrected chi connectivity index (χ4v) is 3.11. The number of primary amides is 1. The summed E-state index contributed by atoms with van der Waals surface area (Å²) in [6.07, 6.45) is 1.03. The zero-order valence-corrected chi connectivity index (χ0v) is 11.1. The van der Waals surface area contributed by atoms with Gasteiger partial charge in [0.05, 0.1) is 5.25 Å². The molecule has 5 heteroatoms. The van der Waals surface area contributed by atoms with Gasteiger partial charge in [0.25, 0.3) is 0 Å². The SMILES string of the molecule is CCC(CC(C)C)(SC(C)C(N)=O)C(=O)O. The molecule has 0 aromatic heterocycles. The van der Waals surface area contributed by atoms with Crippen LogP contribution in [0.15, 0.2) is 0 Å². The molecule has 0 radical (unpaired) electrons. The Morgan fingerprint density at radius 3 is 2.12 bits per heavy atom. The lowest BCUT2D eigenvalue weighted by molar-refractivity contribution is -0.140. The van der Waals surface area contributed by atoms with E-state index in [0.717, 1.165) is 11.8 Å². The number of carbonyl (C=O) groups excluding carboxylic acids is 1. The third-order valence-electron chi connectivity index (χ3n) is 2.50. The number of aliphatic carboxylic acids is 1. The maximum atomic E-state index is 11.4. The summed E-state index contributed by atoms with van der Waals surface area (Å²) in [5.41, 5.74) is 5.18. The van der Waals surface area contributed by atoms with Crippen molar-refractivity contribution in [3.05, 3.63) is 0 Å². The molecule has 2 atom stereocenters. The fourth-order valence-electron chi connectivity index (χ4n) is 1.62. The highest BCUT2D eigenvalue weighted by Gasteiger charge is 2.40. The summed E-state index contributed by atoms with van der Waals surface area (Å²) in [4.78, 5) is 22.4. The number of carboxylic acids is 1. The number of nitrogens with two attached hydrogens (primary N) is 1. The van der Waals surface area contributed by atoms with E-state index in [1.54, 1.807) is 6.92 Å². The first-order valence-electron chi connectivity index (χ1n) is 5.45. The van der Waals surface area contributed by atoms with Crippen molar-refractivity contribution in [1.82, 2.24) is 0 Å². The number of hydrogen-bond acceptors (Lipinski definition) is 3. The molecular weight excluding hydrogens is 226 g/mol. The molecule has 0 saturated heterocycles. The van der Waals surface area contributed by atoms with Crippen LogP contribution in [0.3, 0.4) is 0 Å². The Bertz CT molecular complexity index is 268. The molecule has 0 aromatic carbocycles. The molecule has 0 aromatic rings. The summed E-state index contributed by atoms with van der Waals surface area (Å²) >= 11 is 1.16. The molecule has 3 N–H and O–H groups in total. The maximum Gasteiger partial charge on any atom is 0.319 e. The molecule has 0 saturated carbocycles. The van der Waals surface area contributed by atoms with E-state index in [0.29, 0.717) is 12.8 Å². The molecule has 4 nitrogen and oxygen atoms in total. The second-order valence-corrected chi connectivity index (χ2v) is 6.14. The Hall–Kier alpha value is -0.710. The van der Waals surface area contributed by atoms with Gasteiger partial charge in [0, 0.05) is 0 Å². The van der Waals surface area contributed by atoms with Crippen molar-refractivity contribution in [2.45, 2.75) is 50.5 Å². The second kappa shape index (κ2) is 6.13. The van der Waals surface area contributed by atoms with E-state index in [-0.39, 0.29) is 5.92 Å². The third-order valence-corrected chi connectivity index (χ3v) is 4.17. The summed E-state index contributed by atoms with van der Waals surface area (Å²) < 4.78 is -0.900. The van der Waals surface area contributed by atoms with Crippen molar-refractivity contribution < 1.29 is 14.7 Å². The molecule has 0 heterocycles. The van der Waals surface area contributed by atoms with E-state index < -0.39 is 21.9 Å². The standard InChI is InChI=1S/C11H21NO3S/c1-5-11(10(14)15,6-7(2)3)16-8(4)9(12)13/h7-8H,5-6H2,1-4H3,(H2,12,13)(H,14,15). The van der Waals surface area contributed by atoms with Gasteiger partial charge in [-0.3, -0.25) is 9.59 Å². The molecule has 0 bridgehead atoms. The van der Waals surface area contributed by atoms with Gasteiger partial charge < -0.3 is 10.8 Å². The Kier molecular flexibility index (Phi) is 5.86. The summed E-state index contributed by atoms with van der Waals surface area (Å²) in [6, 6.07) is 0. The van der Waals surface area contributed by atoms with Crippen LogP contribution >= 0.6 is 11.8 Å². The zero-order valence-electron chi connectivity index (χ0n) is 10.3. The fraction of sp³-hybridized carbons (Fsp3) is 0.818. The van der Waals surface area contributed by atoms with E-state index in [9.17, 15) is 14.7 Å². The molecule has 0 spiro atoms. The first-order valence-corrected chi connectivity index (χ1v) is 6.33. The minimum absolute atomic E-state index is 0.267. The minimum atomic E-state index is -0.900. The van der Waals surface area contributed by atoms with E-state index in [1.807, 2.05) is 20.8 Å². The molecule has 2 unspecified atom stereocenters. The molecule has 0 fully saturated rings. The van der Waals surface area contributed by atoms with Crippen LogP contribution in [0.25, 0.3) is 0 Å². The van der Waals surface area contributed by atoms with Crippen LogP contribution in [-0.4, -0.2) is 27.0 Å². The quantitative estimate of drug-likeness (QED) is 0.719. The predicted molar refractivity (Wildman–Crippen MR) is 66.4 cm³/mol. The lowest BCUT2D eigenvalue weighted by Gasteiger charge is -2.31. The first kappa shape index (κ1) is 15.3. The van der Waals surface area contributed by atoms with Gasteiger partial charge in [-0.1, -0.05) is 20.8 Å². The van der Waals surface area contributed by atoms with E-state index in [1.165, 1.54) is 0 Å². The average Bonchev–Trinajstić information content (AvgIpc) is 2.15. The highest BCUT2D eigenvalue weighted by molar-refractivity contribution is 8.02. The monoisotopic (exact) mass is 247 g/mol. The van der Waals surface area contributed by atoms with Gasteiger partial charge in [0.1, 0.15) is 4.75 Å². The molecular formula is C11H21NO3S. The predicted octanol–water partition coefficient (Wildman–Crippen LogP) is 1.87. The zero-order chi connectivity index (χ0) is 12.9. The largest absolute Gasteiger partial charge is 0.480 e. The molecule has 16 heavy (non-hydrogen) atoms. The Morgan fingerprint density at radius 2 is 1.88 bits per heavy atom. The van der Waals surface area contributed by atoms with Crippen molar-refractivity contribution >= 4 is 23.6 Å². The third kappa shape index (κ3) is 4.04. The highest BCUT2D eigenvalue weighted by Crippen LogP contribution is 2.38. The number of thioether (sulfide) groups is 1. The van der Waals surface area contributed by atoms with Crippen LogP contribution < -0.4 is 5.73 Å². The minimum Gasteiger partial charge on any atom is -0.480 e. The Balaban J connectivity index is 4.90. The highest BCUT2D eigenvalue weighted by atomic mass is 32.2. The lowest BCUT2D eigenvalue weighted by Crippen LogP contribution is -2.40. The number of carbonyl (C=O) groups is 2. The van der Waals surface area contributed by atoms with Crippen LogP contribution in [-0.2, 0) is 9.59 Å². The van der Waals surface area contributed by atoms with Crippen LogP contribution in [0.1, 0.15) is 40.5 Å². The second-order valence-electron chi connectivity index (χ2n) is 4.41. The Morgan fingerprint density at radius 1 is 1.38 bits per heavy atom. The van der Waals surface area contributed by atoms with Gasteiger partial charge >= 0.3 is 5.97 Å². The maximum absolute atomic E-state index is 11.4. The molecule has 94 valence electrons. The van der Waals surface area contributed by atoms with Crippen molar-refractivity contribution in [3.8, 4) is 0 Å². The van der Waals surface area contributed by atoms with Crippen molar-refractivity contribution in [3.63, 3.8) is 0 Å². The van der Waals surface area contributed by atoms with E-state index in [4.69, 9.17) is 5.73 Å². The van der Waals surface area contributed by atoms with Gasteiger partial charge in [-0.2, -0.15) is 0 Å². The van der Waals surface area contributed by atoms with E-state index in [2.05, 4.69) is 0 Å². The van der Waals surface area contributed by atoms with Gasteiger partial charge in [0.15, 0.2) is 0 Å². The normalized spacial score (nSPS) is 16.8. The summed E-state index contributed by atoms with van der Waals surface area (Å²) in [5, 5.41) is 8.85. The van der Waals surface area contributed by atoms with Gasteiger partial charge in [0.2, 0.25) is 5.91 Å². The number of amides is 1. The summed E-state index contributed by atoms with van der Waals surface area (Å²) in [7, 11) is 0. The first-order chi connectivity index (χ1) is 7.25. The lowest BCUT2D eigenvalue weighted by atomic mass is 9.94. The molecule has 0 aliphatic rings. The number of hydrogen-bond donors (Lipinski definition) is 2. The Labute approximate surface area is 101 Å². The number of rotatable bonds is 7. The summed E-state index contributed by atoms with van der Waals surface area (Å²) in [5.74, 6) is -1.06. The summed E-state index contributed by atoms with van der Waals surface area (Å²) in [6.45, 7) is 7.43. The van der Waals surface area contributed by atoms with Crippen LogP contribution in [0.2, 0.25) is 0 Å². The van der Waals surface area contributed by atoms with Crippen LogP contribution in [0, 0.1) is 5.92 Å². The van der Waals surface area contributed by atoms with Gasteiger partial charge in [-0.15, -0.1) is 11.8 Å². The molecule has 0 aliphatic heterocycles. The van der Waals surface area contributed by atoms with Crippen molar-refractivity contribution in [2.24, 2.45) is 11.7 Å². The number of carboxylic acid groups (broad SMARTS) is 1. The molecule has 1 amide bonds.